The van der Waals surface area contributed by atoms with Gasteiger partial charge in [0.05, 0.1) is 6.10 Å². The molecule has 0 radical (unpaired) electrons. The van der Waals surface area contributed by atoms with Gasteiger partial charge in [-0.3, -0.25) is 24.0 Å². The molecule has 75 heavy (non-hydrogen) atoms. The van der Waals surface area contributed by atoms with Crippen molar-refractivity contribution in [2.24, 2.45) is 53.3 Å². The number of ether oxygens (including phenoxy) is 1. The van der Waals surface area contributed by atoms with Crippen molar-refractivity contribution in [1.29, 1.82) is 0 Å². The van der Waals surface area contributed by atoms with Crippen LogP contribution < -0.4 is 26.6 Å². The van der Waals surface area contributed by atoms with Crippen molar-refractivity contribution in [3.63, 3.8) is 0 Å². The largest absolute Gasteiger partial charge is 0.480 e. The van der Waals surface area contributed by atoms with Crippen molar-refractivity contribution in [2.75, 3.05) is 6.61 Å². The van der Waals surface area contributed by atoms with E-state index in [1.165, 1.54) is 77.0 Å². The normalized spacial score (nSPS) is 33.7. The van der Waals surface area contributed by atoms with E-state index < -0.39 is 65.7 Å². The summed E-state index contributed by atoms with van der Waals surface area (Å²) in [6.45, 7) is -0.233. The third kappa shape index (κ3) is 18.2. The number of fused-ring (bicyclic) bond motifs is 16. The summed E-state index contributed by atoms with van der Waals surface area (Å²) < 4.78 is 6.21. The van der Waals surface area contributed by atoms with Crippen LogP contribution >= 0.6 is 0 Å². The summed E-state index contributed by atoms with van der Waals surface area (Å²) >= 11 is 0. The first-order valence-electron chi connectivity index (χ1n) is 31.4. The Hall–Kier alpha value is -3.66. The van der Waals surface area contributed by atoms with Crippen molar-refractivity contribution in [1.82, 2.24) is 26.6 Å². The van der Waals surface area contributed by atoms with Gasteiger partial charge >= 0.3 is 5.97 Å². The van der Waals surface area contributed by atoms with Gasteiger partial charge < -0.3 is 36.4 Å². The predicted octanol–water partition coefficient (Wildman–Crippen LogP) is 10.4. The molecule has 2 saturated heterocycles. The first kappa shape index (κ1) is 57.5. The molecular formula is C62H99N5O8. The van der Waals surface area contributed by atoms with Crippen LogP contribution in [0.25, 0.3) is 0 Å². The average molecular weight is 1040 g/mol. The van der Waals surface area contributed by atoms with Gasteiger partial charge in [-0.05, 0) is 150 Å². The number of carbonyl (C=O) groups excluding carboxylic acids is 5. The van der Waals surface area contributed by atoms with E-state index in [9.17, 15) is 29.1 Å². The number of carboxylic acids is 1. The lowest BCUT2D eigenvalue weighted by Crippen LogP contribution is -2.59. The Labute approximate surface area is 451 Å². The SMILES string of the molecule is O=C1COC2CCC(CC2)CC(C(=O)NC(CCC2CCCCC2)C(=O)O)NC(=O)C(CCC2CCCCC2)NC(=O)C(CC2CCC(C3CCCCC3)CC2)NC(=O)C(C#CC2CCC(C3CCCCC3)CC2)N1. The summed E-state index contributed by atoms with van der Waals surface area (Å²) in [6.07, 6.45) is 38.1. The Morgan fingerprint density at radius 3 is 1.63 bits per heavy atom. The molecule has 13 heteroatoms. The summed E-state index contributed by atoms with van der Waals surface area (Å²) in [5, 5.41) is 25.5. The fourth-order valence-electron chi connectivity index (χ4n) is 15.6. The summed E-state index contributed by atoms with van der Waals surface area (Å²) in [7, 11) is 0. The first-order valence-corrected chi connectivity index (χ1v) is 31.4. The number of carbonyl (C=O) groups is 6. The second kappa shape index (κ2) is 29.9. The number of hydrogen-bond acceptors (Lipinski definition) is 7. The molecule has 9 rings (SSSR count). The van der Waals surface area contributed by atoms with Gasteiger partial charge in [-0.1, -0.05) is 153 Å². The van der Waals surface area contributed by atoms with Crippen molar-refractivity contribution in [3.05, 3.63) is 0 Å². The Morgan fingerprint density at radius 2 is 1.04 bits per heavy atom. The molecule has 5 amide bonds. The minimum Gasteiger partial charge on any atom is -0.480 e. The zero-order chi connectivity index (χ0) is 52.4. The third-order valence-electron chi connectivity index (χ3n) is 20.4. The van der Waals surface area contributed by atoms with Gasteiger partial charge in [0.2, 0.25) is 23.6 Å². The highest BCUT2D eigenvalue weighted by molar-refractivity contribution is 5.97. The molecule has 2 aliphatic heterocycles. The topological polar surface area (TPSA) is 192 Å². The molecule has 7 saturated carbocycles. The van der Waals surface area contributed by atoms with Gasteiger partial charge in [0.15, 0.2) is 6.04 Å². The average Bonchev–Trinajstić information content (AvgIpc) is 3.44. The van der Waals surface area contributed by atoms with Crippen LogP contribution in [-0.4, -0.2) is 83.5 Å². The van der Waals surface area contributed by atoms with Gasteiger partial charge in [-0.2, -0.15) is 0 Å². The summed E-state index contributed by atoms with van der Waals surface area (Å²) in [6, 6.07) is -5.26. The van der Waals surface area contributed by atoms with E-state index in [0.29, 0.717) is 69.1 Å². The minimum absolute atomic E-state index is 0.0365. The number of amides is 5. The van der Waals surface area contributed by atoms with Crippen molar-refractivity contribution in [2.45, 2.75) is 280 Å². The second-order valence-electron chi connectivity index (χ2n) is 25.6. The van der Waals surface area contributed by atoms with Gasteiger partial charge in [0, 0.05) is 5.92 Å². The highest BCUT2D eigenvalue weighted by Gasteiger charge is 2.38. The second-order valence-corrected chi connectivity index (χ2v) is 25.6. The van der Waals surface area contributed by atoms with Crippen LogP contribution in [0.3, 0.4) is 0 Å². The lowest BCUT2D eigenvalue weighted by Gasteiger charge is -2.37. The van der Waals surface area contributed by atoms with Crippen LogP contribution in [0.1, 0.15) is 244 Å². The quantitative estimate of drug-likeness (QED) is 0.0775. The minimum atomic E-state index is -1.19. The molecule has 5 atom stereocenters. The molecule has 0 aromatic carbocycles. The number of nitrogens with one attached hydrogen (secondary N) is 5. The molecule has 2 bridgehead atoms. The van der Waals surface area contributed by atoms with E-state index in [1.807, 2.05) is 0 Å². The smallest absolute Gasteiger partial charge is 0.326 e. The Balaban J connectivity index is 1.03. The van der Waals surface area contributed by atoms with Crippen LogP contribution in [0.2, 0.25) is 0 Å². The first-order chi connectivity index (χ1) is 36.5. The van der Waals surface area contributed by atoms with E-state index >= 15 is 4.79 Å². The third-order valence-corrected chi connectivity index (χ3v) is 20.4. The molecule has 0 aromatic rings. The van der Waals surface area contributed by atoms with E-state index in [0.717, 1.165) is 133 Å². The summed E-state index contributed by atoms with van der Waals surface area (Å²) in [4.78, 5) is 85.7. The van der Waals surface area contributed by atoms with Crippen LogP contribution in [0.4, 0.5) is 0 Å². The van der Waals surface area contributed by atoms with Crippen molar-refractivity contribution in [3.8, 4) is 11.8 Å². The lowest BCUT2D eigenvalue weighted by atomic mass is 9.70. The maximum Gasteiger partial charge on any atom is 0.326 e. The van der Waals surface area contributed by atoms with Crippen LogP contribution in [0.5, 0.6) is 0 Å². The van der Waals surface area contributed by atoms with E-state index in [-0.39, 0.29) is 30.5 Å². The highest BCUT2D eigenvalue weighted by Crippen LogP contribution is 2.42. The van der Waals surface area contributed by atoms with Crippen LogP contribution in [0.15, 0.2) is 0 Å². The maximum absolute atomic E-state index is 15.1. The molecule has 2 heterocycles. The molecule has 6 N–H and O–H groups in total. The molecule has 9 fully saturated rings. The summed E-state index contributed by atoms with van der Waals surface area (Å²) in [5.41, 5.74) is 0. The molecule has 7 aliphatic carbocycles. The molecular weight excluding hydrogens is 943 g/mol. The number of aliphatic carboxylic acids is 1. The standard InChI is InChI=1S/C62H99N5O8/c68-57-41-75-51-34-25-46(26-35-51)40-56(61(72)65-54(62(73)74)38-29-43-15-7-2-8-16-43)67-59(70)53(37-27-42-13-5-1-6-14-42)64-60(71)55(39-45-23-32-50(33-24-45)48-19-11-4-12-20-48)66-58(69)52(63-57)36-28-44-21-30-49(31-22-44)47-17-9-3-10-18-47/h42-56H,1-27,29-35,37-41H2,(H,63,68)(H,64,71)(H,65,72)(H,66,69)(H,67,70)(H,73,74). The van der Waals surface area contributed by atoms with Gasteiger partial charge in [0.25, 0.3) is 5.91 Å². The molecule has 0 aromatic heterocycles. The maximum atomic E-state index is 15.1. The summed E-state index contributed by atoms with van der Waals surface area (Å²) in [5.74, 6) is 7.38. The Kier molecular flexibility index (Phi) is 22.9. The fraction of sp³-hybridized carbons (Fsp3) is 0.871. The molecule has 13 nitrogen and oxygen atoms in total. The highest BCUT2D eigenvalue weighted by atomic mass is 16.5. The number of hydrogen-bond donors (Lipinski definition) is 6. The number of carboxylic acid groups (broad SMARTS) is 1. The molecule has 9 aliphatic rings. The predicted molar refractivity (Wildman–Crippen MR) is 292 cm³/mol. The Bertz CT molecular complexity index is 1890. The molecule has 0 spiro atoms. The Morgan fingerprint density at radius 1 is 0.520 bits per heavy atom. The molecule has 5 unspecified atom stereocenters. The lowest BCUT2D eigenvalue weighted by molar-refractivity contribution is -0.142. The van der Waals surface area contributed by atoms with Gasteiger partial charge in [-0.25, -0.2) is 4.79 Å². The van der Waals surface area contributed by atoms with Crippen molar-refractivity contribution >= 4 is 35.5 Å². The van der Waals surface area contributed by atoms with Crippen molar-refractivity contribution < 1.29 is 38.6 Å². The van der Waals surface area contributed by atoms with E-state index in [1.54, 1.807) is 0 Å². The zero-order valence-corrected chi connectivity index (χ0v) is 46.0. The zero-order valence-electron chi connectivity index (χ0n) is 46.0. The van der Waals surface area contributed by atoms with E-state index in [2.05, 4.69) is 38.4 Å². The van der Waals surface area contributed by atoms with Crippen LogP contribution in [-0.2, 0) is 33.5 Å². The van der Waals surface area contributed by atoms with E-state index in [4.69, 9.17) is 4.74 Å². The van der Waals surface area contributed by atoms with Crippen LogP contribution in [0, 0.1) is 65.1 Å². The number of rotatable bonds is 13. The van der Waals surface area contributed by atoms with Gasteiger partial charge in [0.1, 0.15) is 30.8 Å². The monoisotopic (exact) mass is 1040 g/mol. The fourth-order valence-corrected chi connectivity index (χ4v) is 15.6. The van der Waals surface area contributed by atoms with Gasteiger partial charge in [-0.15, -0.1) is 0 Å². The molecule has 420 valence electrons.